The molecule has 1 saturated heterocycles. The summed E-state index contributed by atoms with van der Waals surface area (Å²) in [4.78, 5) is 6.43. The maximum absolute atomic E-state index is 11.4. The summed E-state index contributed by atoms with van der Waals surface area (Å²) < 4.78 is 28.3. The molecule has 2 rings (SSSR count). The van der Waals surface area contributed by atoms with E-state index in [1.807, 2.05) is 18.2 Å². The molecule has 1 fully saturated rings. The molecular formula is C14H22N2O3S. The van der Waals surface area contributed by atoms with Crippen LogP contribution >= 0.6 is 0 Å². The number of nitrogens with zero attached hydrogens (tertiary/aromatic N) is 2. The smallest absolute Gasteiger partial charge is 0.148 e. The van der Waals surface area contributed by atoms with E-state index in [1.165, 1.54) is 6.26 Å². The predicted molar refractivity (Wildman–Crippen MR) is 78.2 cm³/mol. The second kappa shape index (κ2) is 7.15. The van der Waals surface area contributed by atoms with Crippen molar-refractivity contribution in [1.29, 1.82) is 0 Å². The van der Waals surface area contributed by atoms with E-state index >= 15 is 0 Å². The predicted octanol–water partition coefficient (Wildman–Crippen LogP) is 1.11. The Morgan fingerprint density at radius 3 is 2.90 bits per heavy atom. The zero-order chi connectivity index (χ0) is 14.4. The van der Waals surface area contributed by atoms with Crippen LogP contribution in [0, 0.1) is 0 Å². The first-order chi connectivity index (χ1) is 9.53. The van der Waals surface area contributed by atoms with E-state index in [4.69, 9.17) is 4.74 Å². The van der Waals surface area contributed by atoms with Crippen molar-refractivity contribution in [3.8, 4) is 0 Å². The lowest BCUT2D eigenvalue weighted by Crippen LogP contribution is -2.35. The summed E-state index contributed by atoms with van der Waals surface area (Å²) in [7, 11) is -2.95. The van der Waals surface area contributed by atoms with Crippen molar-refractivity contribution in [3.05, 3.63) is 30.1 Å². The van der Waals surface area contributed by atoms with E-state index < -0.39 is 9.84 Å². The van der Waals surface area contributed by atoms with Gasteiger partial charge in [-0.2, -0.15) is 0 Å². The molecular weight excluding hydrogens is 276 g/mol. The third-order valence-electron chi connectivity index (χ3n) is 3.38. The minimum atomic E-state index is -2.95. The molecule has 0 radical (unpaired) electrons. The molecule has 0 N–H and O–H groups in total. The standard InChI is InChI=1S/C14H22N2O3S/c1-20(17,18)10-8-16(12-14-6-4-9-19-14)11-13-5-2-3-7-15-13/h2-3,5,7,14H,4,6,8-12H2,1H3. The highest BCUT2D eigenvalue weighted by Gasteiger charge is 2.20. The van der Waals surface area contributed by atoms with Crippen LogP contribution in [0.3, 0.4) is 0 Å². The Morgan fingerprint density at radius 2 is 2.30 bits per heavy atom. The molecule has 1 aliphatic heterocycles. The molecule has 6 heteroatoms. The van der Waals surface area contributed by atoms with Crippen molar-refractivity contribution in [2.45, 2.75) is 25.5 Å². The molecule has 1 aromatic rings. The highest BCUT2D eigenvalue weighted by Crippen LogP contribution is 2.14. The van der Waals surface area contributed by atoms with Gasteiger partial charge >= 0.3 is 0 Å². The number of ether oxygens (including phenoxy) is 1. The van der Waals surface area contributed by atoms with E-state index in [9.17, 15) is 8.42 Å². The Kier molecular flexibility index (Phi) is 5.51. The lowest BCUT2D eigenvalue weighted by Gasteiger charge is -2.24. The van der Waals surface area contributed by atoms with Crippen LogP contribution in [0.2, 0.25) is 0 Å². The van der Waals surface area contributed by atoms with E-state index in [1.54, 1.807) is 6.20 Å². The first-order valence-electron chi connectivity index (χ1n) is 6.94. The van der Waals surface area contributed by atoms with Crippen molar-refractivity contribution in [3.63, 3.8) is 0 Å². The molecule has 0 spiro atoms. The highest BCUT2D eigenvalue weighted by molar-refractivity contribution is 7.90. The summed E-state index contributed by atoms with van der Waals surface area (Å²) in [6.07, 6.45) is 5.40. The van der Waals surface area contributed by atoms with Crippen LogP contribution in [-0.2, 0) is 21.1 Å². The number of hydrogen-bond donors (Lipinski definition) is 0. The van der Waals surface area contributed by atoms with Gasteiger partial charge in [-0.05, 0) is 25.0 Å². The van der Waals surface area contributed by atoms with Crippen molar-refractivity contribution >= 4 is 9.84 Å². The third-order valence-corrected chi connectivity index (χ3v) is 4.30. The Morgan fingerprint density at radius 1 is 1.45 bits per heavy atom. The summed E-state index contributed by atoms with van der Waals surface area (Å²) in [6, 6.07) is 5.79. The van der Waals surface area contributed by atoms with Gasteiger partial charge in [-0.25, -0.2) is 8.42 Å². The minimum Gasteiger partial charge on any atom is -0.377 e. The average Bonchev–Trinajstić information content (AvgIpc) is 2.89. The Hall–Kier alpha value is -0.980. The van der Waals surface area contributed by atoms with Crippen LogP contribution in [0.4, 0.5) is 0 Å². The van der Waals surface area contributed by atoms with Gasteiger partial charge in [0.15, 0.2) is 0 Å². The molecule has 0 aliphatic carbocycles. The van der Waals surface area contributed by atoms with Crippen LogP contribution in [-0.4, -0.2) is 56.1 Å². The Bertz CT molecular complexity index is 498. The van der Waals surface area contributed by atoms with Crippen molar-refractivity contribution < 1.29 is 13.2 Å². The fourth-order valence-electron chi connectivity index (χ4n) is 2.33. The topological polar surface area (TPSA) is 59.5 Å². The fraction of sp³-hybridized carbons (Fsp3) is 0.643. The number of hydrogen-bond acceptors (Lipinski definition) is 5. The maximum atomic E-state index is 11.4. The second-order valence-electron chi connectivity index (χ2n) is 5.32. The van der Waals surface area contributed by atoms with Gasteiger partial charge in [0.1, 0.15) is 9.84 Å². The number of sulfone groups is 1. The number of rotatable bonds is 7. The summed E-state index contributed by atoms with van der Waals surface area (Å²) in [5.41, 5.74) is 0.957. The molecule has 1 aromatic heterocycles. The lowest BCUT2D eigenvalue weighted by molar-refractivity contribution is 0.0723. The van der Waals surface area contributed by atoms with Crippen molar-refractivity contribution in [2.75, 3.05) is 31.7 Å². The quantitative estimate of drug-likeness (QED) is 0.754. The highest BCUT2D eigenvalue weighted by atomic mass is 32.2. The second-order valence-corrected chi connectivity index (χ2v) is 7.58. The average molecular weight is 298 g/mol. The molecule has 1 atom stereocenters. The Balaban J connectivity index is 1.95. The third kappa shape index (κ3) is 5.56. The zero-order valence-electron chi connectivity index (χ0n) is 11.9. The molecule has 0 saturated carbocycles. The minimum absolute atomic E-state index is 0.173. The van der Waals surface area contributed by atoms with E-state index in [0.717, 1.165) is 31.7 Å². The van der Waals surface area contributed by atoms with Crippen LogP contribution in [0.15, 0.2) is 24.4 Å². The molecule has 5 nitrogen and oxygen atoms in total. The van der Waals surface area contributed by atoms with Crippen molar-refractivity contribution in [1.82, 2.24) is 9.88 Å². The van der Waals surface area contributed by atoms with E-state index in [-0.39, 0.29) is 11.9 Å². The van der Waals surface area contributed by atoms with Crippen LogP contribution in [0.1, 0.15) is 18.5 Å². The van der Waals surface area contributed by atoms with Crippen LogP contribution < -0.4 is 0 Å². The van der Waals surface area contributed by atoms with Gasteiger partial charge < -0.3 is 4.74 Å². The van der Waals surface area contributed by atoms with Gasteiger partial charge in [0.05, 0.1) is 17.6 Å². The van der Waals surface area contributed by atoms with Gasteiger partial charge in [-0.3, -0.25) is 9.88 Å². The first-order valence-corrected chi connectivity index (χ1v) is 9.00. The fourth-order valence-corrected chi connectivity index (χ4v) is 2.92. The van der Waals surface area contributed by atoms with E-state index in [2.05, 4.69) is 9.88 Å². The van der Waals surface area contributed by atoms with Gasteiger partial charge in [0.2, 0.25) is 0 Å². The van der Waals surface area contributed by atoms with Crippen LogP contribution in [0.5, 0.6) is 0 Å². The molecule has 1 aliphatic rings. The molecule has 0 aromatic carbocycles. The molecule has 112 valence electrons. The lowest BCUT2D eigenvalue weighted by atomic mass is 10.2. The maximum Gasteiger partial charge on any atom is 0.148 e. The van der Waals surface area contributed by atoms with Gasteiger partial charge in [-0.15, -0.1) is 0 Å². The normalized spacial score (nSPS) is 19.6. The number of aromatic nitrogens is 1. The summed E-state index contributed by atoms with van der Waals surface area (Å²) in [5, 5.41) is 0. The summed E-state index contributed by atoms with van der Waals surface area (Å²) >= 11 is 0. The molecule has 0 amide bonds. The molecule has 20 heavy (non-hydrogen) atoms. The van der Waals surface area contributed by atoms with Gasteiger partial charge in [0.25, 0.3) is 0 Å². The summed E-state index contributed by atoms with van der Waals surface area (Å²) in [5.74, 6) is 0.173. The van der Waals surface area contributed by atoms with Gasteiger partial charge in [-0.1, -0.05) is 6.07 Å². The number of pyridine rings is 1. The van der Waals surface area contributed by atoms with Crippen molar-refractivity contribution in [2.24, 2.45) is 0 Å². The zero-order valence-corrected chi connectivity index (χ0v) is 12.7. The van der Waals surface area contributed by atoms with Gasteiger partial charge in [0, 0.05) is 38.7 Å². The SMILES string of the molecule is CS(=O)(=O)CCN(Cc1ccccn1)CC1CCCO1. The molecule has 0 bridgehead atoms. The van der Waals surface area contributed by atoms with Crippen LogP contribution in [0.25, 0.3) is 0 Å². The molecule has 2 heterocycles. The Labute approximate surface area is 120 Å². The first kappa shape index (κ1) is 15.4. The monoisotopic (exact) mass is 298 g/mol. The summed E-state index contributed by atoms with van der Waals surface area (Å²) in [6.45, 7) is 2.77. The largest absolute Gasteiger partial charge is 0.377 e. The van der Waals surface area contributed by atoms with E-state index in [0.29, 0.717) is 13.1 Å². The molecule has 1 unspecified atom stereocenters.